The molecule has 2 aromatic rings. The number of aliphatic imine (C=N–C) groups is 1. The van der Waals surface area contributed by atoms with Gasteiger partial charge in [-0.15, -0.1) is 0 Å². The maximum Gasteiger partial charge on any atom is 0.191 e. The number of methoxy groups -OCH3 is 2. The second-order valence-electron chi connectivity index (χ2n) is 8.05. The molecule has 2 aliphatic rings. The van der Waals surface area contributed by atoms with Crippen LogP contribution < -0.4 is 25.0 Å². The average molecular weight is 409 g/mol. The van der Waals surface area contributed by atoms with Gasteiger partial charge < -0.3 is 25.0 Å². The lowest BCUT2D eigenvalue weighted by Gasteiger charge is -2.34. The molecule has 2 unspecified atom stereocenters. The third kappa shape index (κ3) is 4.81. The first kappa shape index (κ1) is 20.4. The second-order valence-corrected chi connectivity index (χ2v) is 8.05. The summed E-state index contributed by atoms with van der Waals surface area (Å²) in [6.07, 6.45) is 3.29. The van der Waals surface area contributed by atoms with Crippen molar-refractivity contribution >= 4 is 11.6 Å². The fraction of sp³-hybridized carbons (Fsp3) is 0.458. The van der Waals surface area contributed by atoms with E-state index in [-0.39, 0.29) is 0 Å². The molecule has 4 rings (SSSR count). The van der Waals surface area contributed by atoms with Crippen LogP contribution in [0.2, 0.25) is 0 Å². The highest BCUT2D eigenvalue weighted by molar-refractivity contribution is 5.81. The minimum Gasteiger partial charge on any atom is -0.497 e. The Bertz CT molecular complexity index is 841. The molecule has 1 saturated heterocycles. The topological polar surface area (TPSA) is 58.1 Å². The molecule has 6 nitrogen and oxygen atoms in total. The maximum absolute atomic E-state index is 5.42. The van der Waals surface area contributed by atoms with E-state index in [1.54, 1.807) is 14.2 Å². The molecule has 160 valence electrons. The summed E-state index contributed by atoms with van der Waals surface area (Å²) in [7, 11) is 5.23. The summed E-state index contributed by atoms with van der Waals surface area (Å²) in [6.45, 7) is 1.97. The van der Waals surface area contributed by atoms with Gasteiger partial charge in [-0.1, -0.05) is 30.3 Å². The van der Waals surface area contributed by atoms with Crippen molar-refractivity contribution in [1.29, 1.82) is 0 Å². The zero-order valence-corrected chi connectivity index (χ0v) is 18.1. The lowest BCUT2D eigenvalue weighted by molar-refractivity contribution is 0.393. The van der Waals surface area contributed by atoms with Crippen LogP contribution in [0.15, 0.2) is 53.5 Å². The van der Waals surface area contributed by atoms with Crippen LogP contribution in [0.3, 0.4) is 0 Å². The normalized spacial score (nSPS) is 21.8. The molecular formula is C24H32N4O2. The number of hydrogen-bond acceptors (Lipinski definition) is 4. The highest BCUT2D eigenvalue weighted by Crippen LogP contribution is 2.40. The van der Waals surface area contributed by atoms with Gasteiger partial charge in [0.15, 0.2) is 5.96 Å². The fourth-order valence-electron chi connectivity index (χ4n) is 4.22. The van der Waals surface area contributed by atoms with Crippen LogP contribution in [0.25, 0.3) is 0 Å². The first-order chi connectivity index (χ1) is 14.7. The van der Waals surface area contributed by atoms with Crippen molar-refractivity contribution < 1.29 is 9.47 Å². The maximum atomic E-state index is 5.42. The van der Waals surface area contributed by atoms with Crippen LogP contribution in [-0.2, 0) is 0 Å². The Labute approximate surface area is 179 Å². The number of nitrogens with one attached hydrogen (secondary N) is 2. The van der Waals surface area contributed by atoms with E-state index in [0.717, 1.165) is 49.1 Å². The molecule has 6 heteroatoms. The van der Waals surface area contributed by atoms with Crippen molar-refractivity contribution in [3.05, 3.63) is 54.1 Å². The van der Waals surface area contributed by atoms with Gasteiger partial charge in [-0.05, 0) is 24.8 Å². The third-order valence-electron chi connectivity index (χ3n) is 6.10. The largest absolute Gasteiger partial charge is 0.497 e. The highest BCUT2D eigenvalue weighted by Gasteiger charge is 2.39. The van der Waals surface area contributed by atoms with Crippen molar-refractivity contribution in [3.8, 4) is 11.5 Å². The molecule has 0 spiro atoms. The highest BCUT2D eigenvalue weighted by atomic mass is 16.5. The Balaban J connectivity index is 1.28. The molecule has 1 heterocycles. The lowest BCUT2D eigenvalue weighted by Crippen LogP contribution is -2.49. The van der Waals surface area contributed by atoms with Gasteiger partial charge in [0.1, 0.15) is 11.5 Å². The number of ether oxygens (including phenoxy) is 2. The van der Waals surface area contributed by atoms with Gasteiger partial charge in [-0.25, -0.2) is 0 Å². The molecule has 2 atom stereocenters. The van der Waals surface area contributed by atoms with Crippen molar-refractivity contribution in [2.75, 3.05) is 39.3 Å². The first-order valence-electron chi connectivity index (χ1n) is 10.7. The lowest BCUT2D eigenvalue weighted by atomic mass is 10.0. The van der Waals surface area contributed by atoms with Crippen LogP contribution in [0, 0.1) is 0 Å². The van der Waals surface area contributed by atoms with Gasteiger partial charge in [0.25, 0.3) is 0 Å². The van der Waals surface area contributed by atoms with E-state index in [0.29, 0.717) is 18.0 Å². The number of piperidine rings is 1. The molecule has 1 saturated carbocycles. The Hall–Kier alpha value is -2.89. The van der Waals surface area contributed by atoms with E-state index in [1.807, 2.05) is 13.1 Å². The summed E-state index contributed by atoms with van der Waals surface area (Å²) in [5.74, 6) is 3.16. The Morgan fingerprint density at radius 3 is 2.23 bits per heavy atom. The van der Waals surface area contributed by atoms with Crippen LogP contribution >= 0.6 is 0 Å². The molecule has 1 aliphatic carbocycles. The van der Waals surface area contributed by atoms with Crippen molar-refractivity contribution in [1.82, 2.24) is 10.6 Å². The van der Waals surface area contributed by atoms with E-state index >= 15 is 0 Å². The molecule has 0 bridgehead atoms. The number of hydrogen-bond donors (Lipinski definition) is 2. The summed E-state index contributed by atoms with van der Waals surface area (Å²) in [6, 6.07) is 17.7. The number of benzene rings is 2. The van der Waals surface area contributed by atoms with Crippen molar-refractivity contribution in [2.24, 2.45) is 4.99 Å². The van der Waals surface area contributed by atoms with Gasteiger partial charge in [0.05, 0.1) is 14.2 Å². The molecule has 2 aromatic carbocycles. The van der Waals surface area contributed by atoms with E-state index in [2.05, 4.69) is 63.0 Å². The minimum absolute atomic E-state index is 0.425. The number of nitrogens with zero attached hydrogens (tertiary/aromatic N) is 2. The SMILES string of the molecule is CN=C(NC1CCN(c2cc(OC)cc(OC)c2)CC1)NC1CC1c1ccccc1. The predicted molar refractivity (Wildman–Crippen MR) is 122 cm³/mol. The van der Waals surface area contributed by atoms with E-state index in [4.69, 9.17) is 9.47 Å². The molecule has 30 heavy (non-hydrogen) atoms. The molecule has 2 fully saturated rings. The Morgan fingerprint density at radius 1 is 0.967 bits per heavy atom. The predicted octanol–water partition coefficient (Wildman–Crippen LogP) is 3.39. The summed E-state index contributed by atoms with van der Waals surface area (Å²) in [5, 5.41) is 7.23. The molecule has 1 aliphatic heterocycles. The fourth-order valence-corrected chi connectivity index (χ4v) is 4.22. The minimum atomic E-state index is 0.425. The summed E-state index contributed by atoms with van der Waals surface area (Å²) < 4.78 is 10.8. The quantitative estimate of drug-likeness (QED) is 0.567. The van der Waals surface area contributed by atoms with Crippen LogP contribution in [-0.4, -0.2) is 52.4 Å². The smallest absolute Gasteiger partial charge is 0.191 e. The molecule has 2 N–H and O–H groups in total. The molecule has 0 amide bonds. The summed E-state index contributed by atoms with van der Waals surface area (Å²) in [5.41, 5.74) is 2.56. The van der Waals surface area contributed by atoms with Crippen LogP contribution in [0.4, 0.5) is 5.69 Å². The van der Waals surface area contributed by atoms with Gasteiger partial charge in [-0.2, -0.15) is 0 Å². The van der Waals surface area contributed by atoms with E-state index < -0.39 is 0 Å². The van der Waals surface area contributed by atoms with Gasteiger partial charge in [0, 0.05) is 62.0 Å². The molecule has 0 radical (unpaired) electrons. The monoisotopic (exact) mass is 408 g/mol. The number of rotatable bonds is 6. The third-order valence-corrected chi connectivity index (χ3v) is 6.10. The summed E-state index contributed by atoms with van der Waals surface area (Å²) >= 11 is 0. The van der Waals surface area contributed by atoms with E-state index in [9.17, 15) is 0 Å². The second kappa shape index (κ2) is 9.28. The molecule has 0 aromatic heterocycles. The standard InChI is InChI=1S/C24H32N4O2/c1-25-24(27-23-16-22(23)17-7-5-4-6-8-17)26-18-9-11-28(12-10-18)19-13-20(29-2)15-21(14-19)30-3/h4-8,13-15,18,22-23H,9-12,16H2,1-3H3,(H2,25,26,27). The van der Waals surface area contributed by atoms with Crippen LogP contribution in [0.5, 0.6) is 11.5 Å². The van der Waals surface area contributed by atoms with Crippen molar-refractivity contribution in [2.45, 2.75) is 37.3 Å². The van der Waals surface area contributed by atoms with Crippen molar-refractivity contribution in [3.63, 3.8) is 0 Å². The van der Waals surface area contributed by atoms with Crippen LogP contribution in [0.1, 0.15) is 30.7 Å². The Kier molecular flexibility index (Phi) is 6.31. The van der Waals surface area contributed by atoms with Gasteiger partial charge in [0.2, 0.25) is 0 Å². The average Bonchev–Trinajstić information content (AvgIpc) is 3.58. The Morgan fingerprint density at radius 2 is 1.63 bits per heavy atom. The zero-order chi connectivity index (χ0) is 20.9. The van der Waals surface area contributed by atoms with E-state index in [1.165, 1.54) is 12.0 Å². The number of guanidine groups is 1. The van der Waals surface area contributed by atoms with Gasteiger partial charge in [-0.3, -0.25) is 4.99 Å². The number of anilines is 1. The zero-order valence-electron chi connectivity index (χ0n) is 18.1. The molecular weight excluding hydrogens is 376 g/mol. The first-order valence-corrected chi connectivity index (χ1v) is 10.7. The summed E-state index contributed by atoms with van der Waals surface area (Å²) in [4.78, 5) is 6.86. The van der Waals surface area contributed by atoms with Gasteiger partial charge >= 0.3 is 0 Å².